The minimum absolute atomic E-state index is 0. The summed E-state index contributed by atoms with van der Waals surface area (Å²) in [7, 11) is 0. The summed E-state index contributed by atoms with van der Waals surface area (Å²) in [5, 5.41) is 22.4. The normalized spacial score (nSPS) is 6.21. The topological polar surface area (TPSA) is 138 Å². The maximum absolute atomic E-state index is 9.24. The molecule has 0 aromatic heterocycles. The molecule has 0 saturated carbocycles. The Kier molecular flexibility index (Phi) is 29.5. The fourth-order valence-electron chi connectivity index (χ4n) is 0. The molecule has 0 radical (unpaired) electrons. The van der Waals surface area contributed by atoms with Crippen LogP contribution in [0.2, 0.25) is 0 Å². The van der Waals surface area contributed by atoms with E-state index in [0.717, 1.165) is 13.8 Å². The van der Waals surface area contributed by atoms with Crippen LogP contribution in [0.25, 0.3) is 0 Å². The van der Waals surface area contributed by atoms with E-state index >= 15 is 0 Å². The second kappa shape index (κ2) is 17.9. The van der Waals surface area contributed by atoms with Gasteiger partial charge < -0.3 is 22.5 Å². The molecule has 0 aliphatic rings. The van der Waals surface area contributed by atoms with Crippen LogP contribution < -0.4 is 24.6 Å². The van der Waals surface area contributed by atoms with Gasteiger partial charge in [0.25, 0.3) is 11.9 Å². The quantitative estimate of drug-likeness (QED) is 0.322. The second-order valence-electron chi connectivity index (χ2n) is 1.64. The SMILES string of the molecule is CC(=O)O.CC(=O)O.NCC(=O)O.[H-].[Li+]. The predicted octanol–water partition coefficient (Wildman–Crippen LogP) is -3.67. The molecule has 0 saturated heterocycles. The standard InChI is InChI=1S/C2H5NO2.2C2H4O2.Li.H/c3-1-2(4)5;2*1-2(3)4;;/h1,3H2,(H,4,5);2*1H3,(H,3,4);;/q;;;+1;-1. The van der Waals surface area contributed by atoms with Crippen molar-refractivity contribution in [2.45, 2.75) is 13.8 Å². The molecular weight excluding hydrogens is 189 g/mol. The molecule has 0 rings (SSSR count). The molecule has 0 aliphatic heterocycles. The van der Waals surface area contributed by atoms with Gasteiger partial charge in [0.15, 0.2) is 0 Å². The third kappa shape index (κ3) is 1160. The Morgan fingerprint density at radius 2 is 1.14 bits per heavy atom. The van der Waals surface area contributed by atoms with E-state index in [-0.39, 0.29) is 26.8 Å². The summed E-state index contributed by atoms with van der Waals surface area (Å²) in [5.41, 5.74) is 4.57. The van der Waals surface area contributed by atoms with Crippen molar-refractivity contribution in [1.29, 1.82) is 0 Å². The van der Waals surface area contributed by atoms with E-state index in [1.165, 1.54) is 0 Å². The van der Waals surface area contributed by atoms with Gasteiger partial charge in [-0.05, 0) is 0 Å². The van der Waals surface area contributed by atoms with Gasteiger partial charge in [-0.15, -0.1) is 0 Å². The Balaban J connectivity index is -0.0000000315. The predicted molar refractivity (Wildman–Crippen MR) is 44.4 cm³/mol. The van der Waals surface area contributed by atoms with Gasteiger partial charge in [-0.1, -0.05) is 0 Å². The Morgan fingerprint density at radius 3 is 1.14 bits per heavy atom. The molecular formula is C6H14LiNO6. The number of aliphatic carboxylic acids is 3. The van der Waals surface area contributed by atoms with E-state index in [1.54, 1.807) is 0 Å². The fraction of sp³-hybridized carbons (Fsp3) is 0.500. The molecule has 0 atom stereocenters. The van der Waals surface area contributed by atoms with E-state index in [4.69, 9.17) is 24.9 Å². The molecule has 0 heterocycles. The summed E-state index contributed by atoms with van der Waals surface area (Å²) in [4.78, 5) is 27.2. The van der Waals surface area contributed by atoms with Gasteiger partial charge >= 0.3 is 24.8 Å². The van der Waals surface area contributed by atoms with Crippen LogP contribution in [0.5, 0.6) is 0 Å². The van der Waals surface area contributed by atoms with Gasteiger partial charge in [0.1, 0.15) is 0 Å². The molecule has 14 heavy (non-hydrogen) atoms. The minimum atomic E-state index is -0.968. The van der Waals surface area contributed by atoms with Gasteiger partial charge in [-0.25, -0.2) is 0 Å². The van der Waals surface area contributed by atoms with Gasteiger partial charge in [0, 0.05) is 13.8 Å². The Hall–Kier alpha value is -1.03. The number of carbonyl (C=O) groups is 3. The van der Waals surface area contributed by atoms with Crippen LogP contribution in [0.15, 0.2) is 0 Å². The van der Waals surface area contributed by atoms with Crippen LogP contribution in [0, 0.1) is 0 Å². The van der Waals surface area contributed by atoms with Crippen molar-refractivity contribution in [2.75, 3.05) is 6.54 Å². The summed E-state index contributed by atoms with van der Waals surface area (Å²) in [6, 6.07) is 0. The Bertz CT molecular complexity index is 157. The first kappa shape index (κ1) is 23.1. The molecule has 80 valence electrons. The van der Waals surface area contributed by atoms with Gasteiger partial charge in [0.05, 0.1) is 6.54 Å². The largest absolute Gasteiger partial charge is 1.00 e. The monoisotopic (exact) mass is 203 g/mol. The third-order valence-electron chi connectivity index (χ3n) is 0.175. The first-order valence-corrected chi connectivity index (χ1v) is 3.04. The van der Waals surface area contributed by atoms with Crippen molar-refractivity contribution in [3.63, 3.8) is 0 Å². The van der Waals surface area contributed by atoms with Crippen molar-refractivity contribution in [1.82, 2.24) is 0 Å². The minimum Gasteiger partial charge on any atom is -1.00 e. The molecule has 0 unspecified atom stereocenters. The van der Waals surface area contributed by atoms with Crippen molar-refractivity contribution in [3.05, 3.63) is 0 Å². The van der Waals surface area contributed by atoms with E-state index < -0.39 is 17.9 Å². The van der Waals surface area contributed by atoms with Crippen LogP contribution in [0.3, 0.4) is 0 Å². The first-order valence-electron chi connectivity index (χ1n) is 3.04. The number of carboxylic acids is 3. The molecule has 0 bridgehead atoms. The molecule has 8 heteroatoms. The number of nitrogens with two attached hydrogens (primary N) is 1. The fourth-order valence-corrected chi connectivity index (χ4v) is 0. The molecule has 0 aromatic carbocycles. The maximum atomic E-state index is 9.24. The van der Waals surface area contributed by atoms with Crippen molar-refractivity contribution < 1.29 is 50.0 Å². The molecule has 0 aromatic rings. The zero-order chi connectivity index (χ0) is 11.4. The van der Waals surface area contributed by atoms with Crippen molar-refractivity contribution >= 4 is 17.9 Å². The molecule has 7 nitrogen and oxygen atoms in total. The summed E-state index contributed by atoms with van der Waals surface area (Å²) >= 11 is 0. The summed E-state index contributed by atoms with van der Waals surface area (Å²) in [6.45, 7) is 1.89. The summed E-state index contributed by atoms with van der Waals surface area (Å²) in [5.74, 6) is -2.63. The molecule has 0 fully saturated rings. The summed E-state index contributed by atoms with van der Waals surface area (Å²) in [6.07, 6.45) is 0. The molecule has 5 N–H and O–H groups in total. The van der Waals surface area contributed by atoms with Gasteiger partial charge in [-0.2, -0.15) is 0 Å². The Labute approximate surface area is 94.6 Å². The van der Waals surface area contributed by atoms with Crippen molar-refractivity contribution in [3.8, 4) is 0 Å². The average Bonchev–Trinajstić information content (AvgIpc) is 1.84. The third-order valence-corrected chi connectivity index (χ3v) is 0.175. The van der Waals surface area contributed by atoms with E-state index in [2.05, 4.69) is 5.73 Å². The van der Waals surface area contributed by atoms with E-state index in [0.29, 0.717) is 0 Å². The van der Waals surface area contributed by atoms with Crippen LogP contribution in [0.4, 0.5) is 0 Å². The molecule has 0 spiro atoms. The molecule has 0 amide bonds. The zero-order valence-electron chi connectivity index (χ0n) is 9.35. The smallest absolute Gasteiger partial charge is 1.00 e. The van der Waals surface area contributed by atoms with Crippen LogP contribution in [-0.4, -0.2) is 39.8 Å². The zero-order valence-corrected chi connectivity index (χ0v) is 8.35. The second-order valence-corrected chi connectivity index (χ2v) is 1.64. The van der Waals surface area contributed by atoms with Crippen LogP contribution in [-0.2, 0) is 14.4 Å². The molecule has 0 aliphatic carbocycles. The Morgan fingerprint density at radius 1 is 1.07 bits per heavy atom. The van der Waals surface area contributed by atoms with Gasteiger partial charge in [-0.3, -0.25) is 14.4 Å². The number of rotatable bonds is 1. The maximum Gasteiger partial charge on any atom is 1.00 e. The number of carboxylic acid groups (broad SMARTS) is 3. The number of hydrogen-bond acceptors (Lipinski definition) is 4. The summed E-state index contributed by atoms with van der Waals surface area (Å²) < 4.78 is 0. The van der Waals surface area contributed by atoms with Crippen molar-refractivity contribution in [2.24, 2.45) is 5.73 Å². The van der Waals surface area contributed by atoms with Gasteiger partial charge in [0.2, 0.25) is 0 Å². The van der Waals surface area contributed by atoms with E-state index in [1.807, 2.05) is 0 Å². The van der Waals surface area contributed by atoms with Crippen LogP contribution >= 0.6 is 0 Å². The number of hydrogen-bond donors (Lipinski definition) is 4. The first-order chi connectivity index (χ1) is 5.73. The van der Waals surface area contributed by atoms with E-state index in [9.17, 15) is 4.79 Å². The van der Waals surface area contributed by atoms with Crippen LogP contribution in [0.1, 0.15) is 15.3 Å². The average molecular weight is 203 g/mol.